The number of hydrogen-bond donors (Lipinski definition) is 0. The molecule has 0 bridgehead atoms. The van der Waals surface area contributed by atoms with Crippen LogP contribution < -0.4 is 10.6 Å². The summed E-state index contributed by atoms with van der Waals surface area (Å²) in [7, 11) is 4.14. The van der Waals surface area contributed by atoms with Crippen LogP contribution in [-0.4, -0.2) is 24.7 Å². The summed E-state index contributed by atoms with van der Waals surface area (Å²) in [6.45, 7) is 0. The van der Waals surface area contributed by atoms with Crippen molar-refractivity contribution in [2.75, 3.05) is 14.1 Å². The van der Waals surface area contributed by atoms with Gasteiger partial charge in [0.05, 0.1) is 0 Å². The third-order valence-corrected chi connectivity index (χ3v) is 9.05. The van der Waals surface area contributed by atoms with Crippen molar-refractivity contribution in [3.05, 3.63) is 96.6 Å². The molecule has 0 aromatic heterocycles. The number of rotatable bonds is 6. The third-order valence-electron chi connectivity index (χ3n) is 6.03. The molecule has 0 amide bonds. The van der Waals surface area contributed by atoms with E-state index in [0.717, 1.165) is 0 Å². The van der Waals surface area contributed by atoms with E-state index in [9.17, 15) is 0 Å². The summed E-state index contributed by atoms with van der Waals surface area (Å²) >= 11 is 0. The average Bonchev–Trinajstić information content (AvgIpc) is 3.19. The van der Waals surface area contributed by atoms with Crippen molar-refractivity contribution in [2.45, 2.75) is 31.0 Å². The van der Waals surface area contributed by atoms with Gasteiger partial charge in [0.25, 0.3) is 0 Å². The predicted octanol–water partition coefficient (Wildman–Crippen LogP) is 5.59. The molecule has 144 valence electrons. The summed E-state index contributed by atoms with van der Waals surface area (Å²) in [6, 6.07) is 34.1. The predicted molar refractivity (Wildman–Crippen MR) is 123 cm³/mol. The van der Waals surface area contributed by atoms with E-state index in [-0.39, 0.29) is 7.92 Å². The van der Waals surface area contributed by atoms with Crippen LogP contribution in [0.25, 0.3) is 0 Å². The molecule has 1 aliphatic carbocycles. The Kier molecular flexibility index (Phi) is 6.25. The van der Waals surface area contributed by atoms with E-state index in [1.165, 1.54) is 35.4 Å². The molecular weight excluding hydrogens is 357 g/mol. The Morgan fingerprint density at radius 2 is 1.21 bits per heavy atom. The monoisotopic (exact) mass is 387 g/mol. The molecule has 0 N–H and O–H groups in total. The van der Waals surface area contributed by atoms with Crippen molar-refractivity contribution in [1.29, 1.82) is 0 Å². The summed E-state index contributed by atoms with van der Waals surface area (Å²) in [5.41, 5.74) is 2.17. The quantitative estimate of drug-likeness (QED) is 0.498. The van der Waals surface area contributed by atoms with Crippen LogP contribution in [0.15, 0.2) is 91.0 Å². The van der Waals surface area contributed by atoms with E-state index in [2.05, 4.69) is 110 Å². The van der Waals surface area contributed by atoms with Crippen molar-refractivity contribution >= 4 is 18.5 Å². The topological polar surface area (TPSA) is 3.24 Å². The maximum atomic E-state index is 2.45. The molecule has 4 rings (SSSR count). The number of hydrogen-bond acceptors (Lipinski definition) is 1. The molecular formula is C26H30NP. The first-order valence-electron chi connectivity index (χ1n) is 10.4. The molecule has 3 aromatic rings. The van der Waals surface area contributed by atoms with Gasteiger partial charge in [0, 0.05) is 6.04 Å². The van der Waals surface area contributed by atoms with Gasteiger partial charge in [-0.3, -0.25) is 0 Å². The standard InChI is InChI=1S/C26H30NP/c1-27(2)26(21-13-6-3-7-14-21)24-19-12-20-25(24)28(22-15-8-4-9-16-22)23-17-10-5-11-18-23/h3-11,13-18,24-26H,12,19-20H2,1-2H3/t24-,25?,26-/m0/s1. The van der Waals surface area contributed by atoms with Gasteiger partial charge in [0.15, 0.2) is 0 Å². The summed E-state index contributed by atoms with van der Waals surface area (Å²) in [4.78, 5) is 2.45. The molecule has 1 nitrogen and oxygen atoms in total. The zero-order valence-electron chi connectivity index (χ0n) is 16.9. The lowest BCUT2D eigenvalue weighted by atomic mass is 9.90. The van der Waals surface area contributed by atoms with E-state index in [4.69, 9.17) is 0 Å². The Morgan fingerprint density at radius 1 is 0.714 bits per heavy atom. The maximum Gasteiger partial charge on any atom is 0.0376 e. The Balaban J connectivity index is 1.75. The summed E-state index contributed by atoms with van der Waals surface area (Å²) in [5, 5.41) is 3.04. The van der Waals surface area contributed by atoms with Crippen LogP contribution in [0.4, 0.5) is 0 Å². The van der Waals surface area contributed by atoms with Gasteiger partial charge in [-0.15, -0.1) is 0 Å². The molecule has 3 aromatic carbocycles. The Morgan fingerprint density at radius 3 is 1.71 bits per heavy atom. The van der Waals surface area contributed by atoms with Gasteiger partial charge in [-0.05, 0) is 62.6 Å². The first kappa shape index (κ1) is 19.4. The Bertz CT molecular complexity index is 808. The summed E-state index contributed by atoms with van der Waals surface area (Å²) in [6.07, 6.45) is 3.99. The van der Waals surface area contributed by atoms with Gasteiger partial charge in [0.1, 0.15) is 0 Å². The summed E-state index contributed by atoms with van der Waals surface area (Å²) in [5.74, 6) is 0.684. The highest BCUT2D eigenvalue weighted by molar-refractivity contribution is 7.73. The van der Waals surface area contributed by atoms with Crippen LogP contribution in [0.1, 0.15) is 30.9 Å². The summed E-state index contributed by atoms with van der Waals surface area (Å²) < 4.78 is 0. The number of nitrogens with zero attached hydrogens (tertiary/aromatic N) is 1. The lowest BCUT2D eigenvalue weighted by Crippen LogP contribution is -2.34. The fraction of sp³-hybridized carbons (Fsp3) is 0.308. The highest BCUT2D eigenvalue weighted by Crippen LogP contribution is 2.54. The van der Waals surface area contributed by atoms with Crippen LogP contribution in [0, 0.1) is 5.92 Å². The first-order chi connectivity index (χ1) is 13.8. The lowest BCUT2D eigenvalue weighted by Gasteiger charge is -2.38. The maximum absolute atomic E-state index is 2.45. The Hall–Kier alpha value is -1.95. The molecule has 0 spiro atoms. The van der Waals surface area contributed by atoms with Crippen molar-refractivity contribution in [3.8, 4) is 0 Å². The van der Waals surface area contributed by atoms with Crippen molar-refractivity contribution < 1.29 is 0 Å². The molecule has 2 heteroatoms. The van der Waals surface area contributed by atoms with E-state index < -0.39 is 0 Å². The highest BCUT2D eigenvalue weighted by Gasteiger charge is 2.40. The fourth-order valence-corrected chi connectivity index (χ4v) is 8.13. The highest BCUT2D eigenvalue weighted by atomic mass is 31.1. The van der Waals surface area contributed by atoms with Crippen LogP contribution in [0.2, 0.25) is 0 Å². The lowest BCUT2D eigenvalue weighted by molar-refractivity contribution is 0.217. The van der Waals surface area contributed by atoms with Crippen LogP contribution in [0.3, 0.4) is 0 Å². The van der Waals surface area contributed by atoms with Crippen LogP contribution in [0.5, 0.6) is 0 Å². The number of benzene rings is 3. The van der Waals surface area contributed by atoms with E-state index in [0.29, 0.717) is 17.6 Å². The van der Waals surface area contributed by atoms with Crippen LogP contribution >= 0.6 is 7.92 Å². The smallest absolute Gasteiger partial charge is 0.0376 e. The molecule has 0 saturated heterocycles. The second-order valence-corrected chi connectivity index (χ2v) is 10.5. The van der Waals surface area contributed by atoms with Crippen molar-refractivity contribution in [3.63, 3.8) is 0 Å². The van der Waals surface area contributed by atoms with E-state index in [1.54, 1.807) is 0 Å². The molecule has 0 radical (unpaired) electrons. The first-order valence-corrected chi connectivity index (χ1v) is 11.8. The zero-order chi connectivity index (χ0) is 19.3. The fourth-order valence-electron chi connectivity index (χ4n) is 4.95. The molecule has 1 aliphatic rings. The van der Waals surface area contributed by atoms with Gasteiger partial charge in [0.2, 0.25) is 0 Å². The van der Waals surface area contributed by atoms with Crippen molar-refractivity contribution in [1.82, 2.24) is 4.90 Å². The van der Waals surface area contributed by atoms with Gasteiger partial charge < -0.3 is 4.90 Å². The molecule has 0 aliphatic heterocycles. The molecule has 1 fully saturated rings. The van der Waals surface area contributed by atoms with Gasteiger partial charge in [-0.25, -0.2) is 0 Å². The largest absolute Gasteiger partial charge is 0.302 e. The second kappa shape index (κ2) is 9.03. The van der Waals surface area contributed by atoms with Gasteiger partial charge in [-0.2, -0.15) is 0 Å². The minimum Gasteiger partial charge on any atom is -0.302 e. The Labute approximate surface area is 171 Å². The normalized spacial score (nSPS) is 20.6. The van der Waals surface area contributed by atoms with E-state index >= 15 is 0 Å². The zero-order valence-corrected chi connectivity index (χ0v) is 17.8. The molecule has 0 heterocycles. The SMILES string of the molecule is CN(C)[C@@H](c1ccccc1)[C@H]1CCCC1P(c1ccccc1)c1ccccc1. The molecule has 3 atom stereocenters. The third kappa shape index (κ3) is 4.07. The van der Waals surface area contributed by atoms with E-state index in [1.807, 2.05) is 0 Å². The van der Waals surface area contributed by atoms with Gasteiger partial charge in [-0.1, -0.05) is 97.4 Å². The molecule has 28 heavy (non-hydrogen) atoms. The van der Waals surface area contributed by atoms with Crippen LogP contribution in [-0.2, 0) is 0 Å². The van der Waals surface area contributed by atoms with Crippen molar-refractivity contribution in [2.24, 2.45) is 5.92 Å². The molecule has 1 saturated carbocycles. The molecule has 1 unspecified atom stereocenters. The minimum absolute atomic E-state index is 0.366. The second-order valence-electron chi connectivity index (χ2n) is 8.02. The minimum atomic E-state index is -0.366. The average molecular weight is 388 g/mol. The van der Waals surface area contributed by atoms with Gasteiger partial charge >= 0.3 is 0 Å².